The summed E-state index contributed by atoms with van der Waals surface area (Å²) in [4.78, 5) is 27.1. The van der Waals surface area contributed by atoms with Crippen molar-refractivity contribution in [3.8, 4) is 0 Å². The van der Waals surface area contributed by atoms with E-state index in [1.165, 1.54) is 0 Å². The molecule has 1 aliphatic rings. The van der Waals surface area contributed by atoms with Gasteiger partial charge in [-0.1, -0.05) is 12.1 Å². The molecule has 0 aromatic heterocycles. The van der Waals surface area contributed by atoms with Crippen LogP contribution in [0.1, 0.15) is 24.2 Å². The average Bonchev–Trinajstić information content (AvgIpc) is 2.65. The number of hydrogen-bond acceptors (Lipinski definition) is 7. The minimum Gasteiger partial charge on any atom is -0.464 e. The molecule has 5 nitrogen and oxygen atoms in total. The number of nitrogens with zero attached hydrogens (tertiary/aromatic N) is 1. The minimum absolute atomic E-state index is 0.0976. The van der Waals surface area contributed by atoms with Gasteiger partial charge in [0.15, 0.2) is 5.78 Å². The fraction of sp³-hybridized carbons (Fsp3) is 0.556. The highest BCUT2D eigenvalue weighted by Gasteiger charge is 2.35. The van der Waals surface area contributed by atoms with Crippen LogP contribution >= 0.6 is 24.4 Å². The van der Waals surface area contributed by atoms with Crippen molar-refractivity contribution < 1.29 is 19.1 Å². The van der Waals surface area contributed by atoms with Gasteiger partial charge < -0.3 is 9.47 Å². The summed E-state index contributed by atoms with van der Waals surface area (Å²) in [6.45, 7) is 7.19. The van der Waals surface area contributed by atoms with E-state index in [4.69, 9.17) is 9.47 Å². The third-order valence-electron chi connectivity index (χ3n) is 4.22. The molecule has 1 aliphatic heterocycles. The molecule has 1 saturated heterocycles. The molecular formula is C18H25NO4S2. The number of hydrogen-bond donors (Lipinski definition) is 1. The van der Waals surface area contributed by atoms with E-state index in [1.807, 2.05) is 38.1 Å². The first-order valence-corrected chi connectivity index (χ1v) is 9.94. The number of ketones is 1. The van der Waals surface area contributed by atoms with Crippen molar-refractivity contribution in [3.05, 3.63) is 29.8 Å². The van der Waals surface area contributed by atoms with Gasteiger partial charge in [-0.25, -0.2) is 0 Å². The predicted octanol–water partition coefficient (Wildman–Crippen LogP) is 2.55. The van der Waals surface area contributed by atoms with Gasteiger partial charge in [-0.05, 0) is 26.0 Å². The molecule has 0 unspecified atom stereocenters. The molecule has 0 N–H and O–H groups in total. The Labute approximate surface area is 158 Å². The van der Waals surface area contributed by atoms with Crippen molar-refractivity contribution in [3.63, 3.8) is 0 Å². The summed E-state index contributed by atoms with van der Waals surface area (Å²) in [6, 6.07) is 7.61. The van der Waals surface area contributed by atoms with Gasteiger partial charge in [-0.15, -0.1) is 11.8 Å². The number of carbonyl (C=O) groups is 2. The predicted molar refractivity (Wildman–Crippen MR) is 103 cm³/mol. The zero-order chi connectivity index (χ0) is 18.3. The van der Waals surface area contributed by atoms with Crippen LogP contribution in [0.15, 0.2) is 29.2 Å². The van der Waals surface area contributed by atoms with Gasteiger partial charge >= 0.3 is 5.97 Å². The summed E-state index contributed by atoms with van der Waals surface area (Å²) in [7, 11) is 0. The molecular weight excluding hydrogens is 358 g/mol. The van der Waals surface area contributed by atoms with Crippen molar-refractivity contribution in [2.75, 3.05) is 44.4 Å². The van der Waals surface area contributed by atoms with E-state index in [-0.39, 0.29) is 17.5 Å². The molecule has 0 atom stereocenters. The number of Topliss-reactive ketones (excluding diaryl/α,β-unsaturated/α-hetero) is 1. The maximum absolute atomic E-state index is 12.9. The van der Waals surface area contributed by atoms with E-state index in [9.17, 15) is 9.59 Å². The fourth-order valence-corrected chi connectivity index (χ4v) is 3.50. The van der Waals surface area contributed by atoms with Crippen molar-refractivity contribution in [2.45, 2.75) is 24.3 Å². The van der Waals surface area contributed by atoms with Gasteiger partial charge in [-0.2, -0.15) is 12.6 Å². The van der Waals surface area contributed by atoms with Gasteiger partial charge in [0, 0.05) is 29.3 Å². The van der Waals surface area contributed by atoms with Crippen molar-refractivity contribution >= 4 is 36.1 Å². The highest BCUT2D eigenvalue weighted by molar-refractivity contribution is 7.99. The molecule has 0 spiro atoms. The van der Waals surface area contributed by atoms with Crippen LogP contribution in [0.5, 0.6) is 0 Å². The van der Waals surface area contributed by atoms with E-state index in [0.29, 0.717) is 31.1 Å². The third-order valence-corrected chi connectivity index (χ3v) is 5.45. The van der Waals surface area contributed by atoms with Crippen molar-refractivity contribution in [1.29, 1.82) is 0 Å². The Hall–Kier alpha value is -1.02. The normalized spacial score (nSPS) is 15.8. The molecule has 0 saturated carbocycles. The fourth-order valence-electron chi connectivity index (χ4n) is 2.68. The molecule has 2 rings (SSSR count). The molecule has 138 valence electrons. The Morgan fingerprint density at radius 1 is 1.24 bits per heavy atom. The molecule has 7 heteroatoms. The molecule has 1 aromatic rings. The summed E-state index contributed by atoms with van der Waals surface area (Å²) in [5, 5.41) is 0. The first-order chi connectivity index (χ1) is 11.9. The molecule has 0 aliphatic carbocycles. The van der Waals surface area contributed by atoms with Gasteiger partial charge in [0.05, 0.1) is 24.5 Å². The first kappa shape index (κ1) is 20.3. The Morgan fingerprint density at radius 2 is 1.88 bits per heavy atom. The second-order valence-electron chi connectivity index (χ2n) is 6.24. The Morgan fingerprint density at radius 3 is 2.48 bits per heavy atom. The maximum Gasteiger partial charge on any atom is 0.315 e. The van der Waals surface area contributed by atoms with Crippen LogP contribution in [-0.4, -0.2) is 66.6 Å². The lowest BCUT2D eigenvalue weighted by atomic mass is 9.91. The number of carbonyl (C=O) groups excluding carboxylic acids is 2. The Balaban J connectivity index is 1.89. The van der Waals surface area contributed by atoms with E-state index in [0.717, 1.165) is 18.0 Å². The van der Waals surface area contributed by atoms with Gasteiger partial charge in [-0.3, -0.25) is 14.5 Å². The van der Waals surface area contributed by atoms with E-state index < -0.39 is 5.54 Å². The number of morpholine rings is 1. The number of thioether (sulfide) groups is 1. The van der Waals surface area contributed by atoms with Gasteiger partial charge in [0.1, 0.15) is 6.61 Å². The standard InChI is InChI=1S/C18H25NO4S2/c1-18(2,19-7-9-22-10-8-19)17(21)14-3-5-15(6-4-14)25-12-11-23-16(20)13-24/h3-6,24H,7-13H2,1-2H3. The highest BCUT2D eigenvalue weighted by atomic mass is 32.2. The Bertz CT molecular complexity index is 583. The topological polar surface area (TPSA) is 55.8 Å². The molecule has 1 heterocycles. The second kappa shape index (κ2) is 9.62. The number of esters is 1. The average molecular weight is 384 g/mol. The summed E-state index contributed by atoms with van der Waals surface area (Å²) in [5.74, 6) is 0.579. The number of ether oxygens (including phenoxy) is 2. The summed E-state index contributed by atoms with van der Waals surface area (Å²) >= 11 is 5.44. The summed E-state index contributed by atoms with van der Waals surface area (Å²) < 4.78 is 10.4. The van der Waals surface area contributed by atoms with Crippen LogP contribution in [0.2, 0.25) is 0 Å². The lowest BCUT2D eigenvalue weighted by Gasteiger charge is -2.39. The number of rotatable bonds is 8. The van der Waals surface area contributed by atoms with Crippen LogP contribution < -0.4 is 0 Å². The molecule has 25 heavy (non-hydrogen) atoms. The zero-order valence-electron chi connectivity index (χ0n) is 14.7. The monoisotopic (exact) mass is 383 g/mol. The number of thiol groups is 1. The lowest BCUT2D eigenvalue weighted by molar-refractivity contribution is -0.139. The van der Waals surface area contributed by atoms with E-state index in [2.05, 4.69) is 17.5 Å². The Kier molecular flexibility index (Phi) is 7.81. The van der Waals surface area contributed by atoms with Crippen LogP contribution in [-0.2, 0) is 14.3 Å². The van der Waals surface area contributed by atoms with Gasteiger partial charge in [0.25, 0.3) is 0 Å². The number of benzene rings is 1. The maximum atomic E-state index is 12.9. The van der Waals surface area contributed by atoms with Crippen LogP contribution in [0.25, 0.3) is 0 Å². The van der Waals surface area contributed by atoms with Crippen LogP contribution in [0.3, 0.4) is 0 Å². The largest absolute Gasteiger partial charge is 0.464 e. The molecule has 1 fully saturated rings. The second-order valence-corrected chi connectivity index (χ2v) is 7.72. The zero-order valence-corrected chi connectivity index (χ0v) is 16.4. The first-order valence-electron chi connectivity index (χ1n) is 8.32. The molecule has 0 bridgehead atoms. The summed E-state index contributed by atoms with van der Waals surface area (Å²) in [6.07, 6.45) is 0. The van der Waals surface area contributed by atoms with Crippen molar-refractivity contribution in [1.82, 2.24) is 4.90 Å². The lowest BCUT2D eigenvalue weighted by Crippen LogP contribution is -2.54. The van der Waals surface area contributed by atoms with E-state index >= 15 is 0 Å². The SMILES string of the molecule is CC(C)(C(=O)c1ccc(SCCOC(=O)CS)cc1)N1CCOCC1. The van der Waals surface area contributed by atoms with Crippen molar-refractivity contribution in [2.24, 2.45) is 0 Å². The smallest absolute Gasteiger partial charge is 0.315 e. The summed E-state index contributed by atoms with van der Waals surface area (Å²) in [5.41, 5.74) is 0.168. The van der Waals surface area contributed by atoms with Gasteiger partial charge in [0.2, 0.25) is 0 Å². The molecule has 0 amide bonds. The third kappa shape index (κ3) is 5.74. The molecule has 1 aromatic carbocycles. The molecule has 0 radical (unpaired) electrons. The van der Waals surface area contributed by atoms with Crippen LogP contribution in [0.4, 0.5) is 0 Å². The minimum atomic E-state index is -0.542. The quantitative estimate of drug-likeness (QED) is 0.245. The van der Waals surface area contributed by atoms with E-state index in [1.54, 1.807) is 11.8 Å². The highest BCUT2D eigenvalue weighted by Crippen LogP contribution is 2.24. The van der Waals surface area contributed by atoms with Crippen LogP contribution in [0, 0.1) is 0 Å².